The number of carbonyl (C=O) groups excluding carboxylic acids is 1. The molecule has 2 fully saturated rings. The fourth-order valence-corrected chi connectivity index (χ4v) is 4.99. The molecule has 1 saturated heterocycles. The summed E-state index contributed by atoms with van der Waals surface area (Å²) in [6.45, 7) is 2.45. The van der Waals surface area contributed by atoms with Crippen LogP contribution in [-0.4, -0.2) is 42.9 Å². The predicted molar refractivity (Wildman–Crippen MR) is 129 cm³/mol. The van der Waals surface area contributed by atoms with Crippen molar-refractivity contribution in [2.45, 2.75) is 70.4 Å². The van der Waals surface area contributed by atoms with E-state index in [9.17, 15) is 4.79 Å². The number of nitrogens with one attached hydrogen (secondary N) is 2. The second-order valence-electron chi connectivity index (χ2n) is 8.63. The molecule has 0 aromatic heterocycles. The second kappa shape index (κ2) is 10.6. The molecule has 0 spiro atoms. The van der Waals surface area contributed by atoms with Gasteiger partial charge in [-0.3, -0.25) is 9.79 Å². The predicted octanol–water partition coefficient (Wildman–Crippen LogP) is 3.64. The van der Waals surface area contributed by atoms with Crippen LogP contribution in [0.15, 0.2) is 23.2 Å². The lowest BCUT2D eigenvalue weighted by Gasteiger charge is -2.26. The van der Waals surface area contributed by atoms with E-state index in [1.165, 1.54) is 55.2 Å². The van der Waals surface area contributed by atoms with Crippen LogP contribution in [0.2, 0.25) is 0 Å². The highest BCUT2D eigenvalue weighted by Crippen LogP contribution is 2.27. The molecular weight excluding hydrogens is 475 g/mol. The molecule has 1 amide bonds. The summed E-state index contributed by atoms with van der Waals surface area (Å²) in [4.78, 5) is 19.2. The van der Waals surface area contributed by atoms with Gasteiger partial charge in [-0.1, -0.05) is 37.5 Å². The lowest BCUT2D eigenvalue weighted by molar-refractivity contribution is -0.135. The first-order valence-corrected chi connectivity index (χ1v) is 11.1. The average Bonchev–Trinajstić information content (AvgIpc) is 3.40. The molecule has 1 saturated carbocycles. The van der Waals surface area contributed by atoms with E-state index < -0.39 is 0 Å². The Kier molecular flexibility index (Phi) is 8.21. The Morgan fingerprint density at radius 2 is 1.90 bits per heavy atom. The van der Waals surface area contributed by atoms with Crippen molar-refractivity contribution in [2.24, 2.45) is 10.9 Å². The number of likely N-dealkylation sites (tertiary alicyclic amines) is 1. The van der Waals surface area contributed by atoms with Gasteiger partial charge in [-0.15, -0.1) is 24.0 Å². The van der Waals surface area contributed by atoms with Gasteiger partial charge in [0.25, 0.3) is 0 Å². The maximum atomic E-state index is 12.8. The van der Waals surface area contributed by atoms with Gasteiger partial charge < -0.3 is 15.5 Å². The van der Waals surface area contributed by atoms with Crippen molar-refractivity contribution < 1.29 is 4.79 Å². The highest BCUT2D eigenvalue weighted by atomic mass is 127. The number of aliphatic imine (C=N–C) groups is 1. The number of carbonyl (C=O) groups is 1. The number of amides is 1. The summed E-state index contributed by atoms with van der Waals surface area (Å²) >= 11 is 0. The third-order valence-electron chi connectivity index (χ3n) is 6.64. The van der Waals surface area contributed by atoms with Gasteiger partial charge in [0.15, 0.2) is 5.96 Å². The summed E-state index contributed by atoms with van der Waals surface area (Å²) in [5.41, 5.74) is 4.33. The molecule has 2 aliphatic carbocycles. The van der Waals surface area contributed by atoms with Crippen LogP contribution in [0.25, 0.3) is 0 Å². The summed E-state index contributed by atoms with van der Waals surface area (Å²) in [5, 5.41) is 6.97. The van der Waals surface area contributed by atoms with E-state index in [0.717, 1.165) is 44.9 Å². The van der Waals surface area contributed by atoms with Gasteiger partial charge >= 0.3 is 0 Å². The monoisotopic (exact) mass is 510 g/mol. The number of benzene rings is 1. The molecule has 6 heteroatoms. The molecule has 5 nitrogen and oxygen atoms in total. The topological polar surface area (TPSA) is 56.7 Å². The number of fused-ring (bicyclic) bond motifs is 1. The zero-order valence-corrected chi connectivity index (χ0v) is 19.9. The van der Waals surface area contributed by atoms with E-state index in [4.69, 9.17) is 0 Å². The number of guanidine groups is 1. The Morgan fingerprint density at radius 1 is 1.10 bits per heavy atom. The molecule has 1 unspecified atom stereocenters. The van der Waals surface area contributed by atoms with E-state index in [1.54, 1.807) is 0 Å². The first-order chi connectivity index (χ1) is 13.7. The summed E-state index contributed by atoms with van der Waals surface area (Å²) in [6.07, 6.45) is 10.6. The van der Waals surface area contributed by atoms with Gasteiger partial charge in [0.1, 0.15) is 0 Å². The molecule has 1 aromatic rings. The molecule has 1 aromatic carbocycles. The molecule has 29 heavy (non-hydrogen) atoms. The molecule has 1 aliphatic heterocycles. The smallest absolute Gasteiger partial charge is 0.225 e. The van der Waals surface area contributed by atoms with E-state index in [0.29, 0.717) is 11.9 Å². The van der Waals surface area contributed by atoms with Crippen LogP contribution < -0.4 is 10.6 Å². The summed E-state index contributed by atoms with van der Waals surface area (Å²) in [6, 6.07) is 7.13. The Bertz CT molecular complexity index is 730. The van der Waals surface area contributed by atoms with Crippen LogP contribution in [0.4, 0.5) is 0 Å². The van der Waals surface area contributed by atoms with E-state index in [1.807, 2.05) is 7.05 Å². The normalized spacial score (nSPS) is 22.2. The minimum Gasteiger partial charge on any atom is -0.352 e. The van der Waals surface area contributed by atoms with E-state index >= 15 is 0 Å². The minimum absolute atomic E-state index is 0. The molecule has 160 valence electrons. The second-order valence-corrected chi connectivity index (χ2v) is 8.63. The molecule has 0 bridgehead atoms. The quantitative estimate of drug-likeness (QED) is 0.370. The fourth-order valence-electron chi connectivity index (χ4n) is 4.99. The number of hydrogen-bond acceptors (Lipinski definition) is 2. The highest BCUT2D eigenvalue weighted by molar-refractivity contribution is 14.0. The standard InChI is InChI=1S/C23H34N4O.HI/c1-24-23(25-15-17-10-11-18-8-5-9-20(18)14-17)26-21-12-13-27(16-21)22(28)19-6-3-2-4-7-19;/h10-11,14,19,21H,2-9,12-13,15-16H2,1H3,(H2,24,25,26);1H. The number of rotatable bonds is 4. The van der Waals surface area contributed by atoms with Gasteiger partial charge in [-0.2, -0.15) is 0 Å². The molecular formula is C23H35IN4O. The van der Waals surface area contributed by atoms with E-state index in [-0.39, 0.29) is 29.9 Å². The van der Waals surface area contributed by atoms with Crippen molar-refractivity contribution in [2.75, 3.05) is 20.1 Å². The Labute approximate surface area is 192 Å². The van der Waals surface area contributed by atoms with E-state index in [2.05, 4.69) is 38.7 Å². The summed E-state index contributed by atoms with van der Waals surface area (Å²) in [5.74, 6) is 1.48. The average molecular weight is 510 g/mol. The fraction of sp³-hybridized carbons (Fsp3) is 0.652. The highest BCUT2D eigenvalue weighted by Gasteiger charge is 2.31. The zero-order chi connectivity index (χ0) is 19.3. The maximum absolute atomic E-state index is 12.8. The Balaban J connectivity index is 0.00000240. The van der Waals surface area contributed by atoms with Crippen molar-refractivity contribution in [3.8, 4) is 0 Å². The van der Waals surface area contributed by atoms with Crippen molar-refractivity contribution >= 4 is 35.8 Å². The van der Waals surface area contributed by atoms with Crippen LogP contribution in [0.1, 0.15) is 61.6 Å². The molecule has 0 radical (unpaired) electrons. The number of halogens is 1. The molecule has 2 N–H and O–H groups in total. The van der Waals surface area contributed by atoms with Gasteiger partial charge in [0.2, 0.25) is 5.91 Å². The Morgan fingerprint density at radius 3 is 2.69 bits per heavy atom. The Hall–Kier alpha value is -1.31. The van der Waals surface area contributed by atoms with Gasteiger partial charge in [0.05, 0.1) is 0 Å². The van der Waals surface area contributed by atoms with Crippen LogP contribution in [0, 0.1) is 5.92 Å². The number of aryl methyl sites for hydroxylation is 2. The lowest BCUT2D eigenvalue weighted by Crippen LogP contribution is -2.45. The SMILES string of the molecule is CN=C(NCc1ccc2c(c1)CCC2)NC1CCN(C(=O)C2CCCCC2)C1.I. The maximum Gasteiger partial charge on any atom is 0.225 e. The van der Waals surface area contributed by atoms with Gasteiger partial charge in [-0.05, 0) is 55.2 Å². The molecule has 4 rings (SSSR count). The third-order valence-corrected chi connectivity index (χ3v) is 6.64. The van der Waals surface area contributed by atoms with Crippen molar-refractivity contribution in [1.82, 2.24) is 15.5 Å². The molecule has 1 atom stereocenters. The molecule has 1 heterocycles. The van der Waals surface area contributed by atoms with Crippen molar-refractivity contribution in [1.29, 1.82) is 0 Å². The lowest BCUT2D eigenvalue weighted by atomic mass is 9.88. The van der Waals surface area contributed by atoms with Crippen LogP contribution >= 0.6 is 24.0 Å². The van der Waals surface area contributed by atoms with Crippen LogP contribution in [-0.2, 0) is 24.2 Å². The first kappa shape index (κ1) is 22.4. The van der Waals surface area contributed by atoms with Gasteiger partial charge in [0, 0.05) is 38.6 Å². The number of nitrogens with zero attached hydrogens (tertiary/aromatic N) is 2. The third kappa shape index (κ3) is 5.64. The van der Waals surface area contributed by atoms with Crippen molar-refractivity contribution in [3.05, 3.63) is 34.9 Å². The van der Waals surface area contributed by atoms with Crippen LogP contribution in [0.5, 0.6) is 0 Å². The molecule has 3 aliphatic rings. The van der Waals surface area contributed by atoms with Crippen molar-refractivity contribution in [3.63, 3.8) is 0 Å². The first-order valence-electron chi connectivity index (χ1n) is 11.1. The van der Waals surface area contributed by atoms with Crippen LogP contribution in [0.3, 0.4) is 0 Å². The zero-order valence-electron chi connectivity index (χ0n) is 17.6. The van der Waals surface area contributed by atoms with Gasteiger partial charge in [-0.25, -0.2) is 0 Å². The summed E-state index contributed by atoms with van der Waals surface area (Å²) in [7, 11) is 1.82. The number of hydrogen-bond donors (Lipinski definition) is 2. The minimum atomic E-state index is 0. The largest absolute Gasteiger partial charge is 0.352 e. The summed E-state index contributed by atoms with van der Waals surface area (Å²) < 4.78 is 0.